The van der Waals surface area contributed by atoms with E-state index in [1.54, 1.807) is 0 Å². The van der Waals surface area contributed by atoms with Crippen molar-refractivity contribution in [2.75, 3.05) is 5.32 Å². The molecule has 1 heterocycles. The molecule has 2 rings (SSSR count). The highest BCUT2D eigenvalue weighted by Crippen LogP contribution is 2.23. The van der Waals surface area contributed by atoms with Crippen molar-refractivity contribution < 1.29 is 0 Å². The molecule has 0 amide bonds. The molecule has 1 N–H and O–H groups in total. The second-order valence-corrected chi connectivity index (χ2v) is 3.39. The normalized spacial score (nSPS) is 13.9. The zero-order valence-electron chi connectivity index (χ0n) is 5.89. The van der Waals surface area contributed by atoms with E-state index in [1.165, 1.54) is 11.3 Å². The molecule has 1 aromatic rings. The van der Waals surface area contributed by atoms with Crippen LogP contribution in [0.3, 0.4) is 0 Å². The van der Waals surface area contributed by atoms with E-state index in [4.69, 9.17) is 0 Å². The summed E-state index contributed by atoms with van der Waals surface area (Å²) in [5.41, 5.74) is 2.48. The molecular weight excluding hydrogens is 202 g/mol. The van der Waals surface area contributed by atoms with Crippen molar-refractivity contribution in [3.8, 4) is 0 Å². The largest absolute Gasteiger partial charge is 0.361 e. The van der Waals surface area contributed by atoms with E-state index >= 15 is 0 Å². The summed E-state index contributed by atoms with van der Waals surface area (Å²) < 4.78 is 1.13. The Morgan fingerprint density at radius 2 is 2.36 bits per heavy atom. The van der Waals surface area contributed by atoms with Gasteiger partial charge in [-0.1, -0.05) is 15.9 Å². The number of benzene rings is 1. The SMILES string of the molecule is Brc1ccc2c(c1)C[C]=CN2. The van der Waals surface area contributed by atoms with Gasteiger partial charge in [0.1, 0.15) is 0 Å². The first kappa shape index (κ1) is 6.92. The van der Waals surface area contributed by atoms with Gasteiger partial charge in [0.2, 0.25) is 0 Å². The highest BCUT2D eigenvalue weighted by Gasteiger charge is 2.03. The smallest absolute Gasteiger partial charge is 0.0416 e. The number of nitrogens with one attached hydrogen (secondary N) is 1. The van der Waals surface area contributed by atoms with Gasteiger partial charge in [0.25, 0.3) is 0 Å². The van der Waals surface area contributed by atoms with Crippen LogP contribution in [0.4, 0.5) is 5.69 Å². The summed E-state index contributed by atoms with van der Waals surface area (Å²) in [6, 6.07) is 6.21. The number of hydrogen-bond acceptors (Lipinski definition) is 1. The summed E-state index contributed by atoms with van der Waals surface area (Å²) >= 11 is 3.42. The third kappa shape index (κ3) is 1.31. The molecule has 11 heavy (non-hydrogen) atoms. The summed E-state index contributed by atoms with van der Waals surface area (Å²) in [6.45, 7) is 0. The molecule has 55 valence electrons. The molecular formula is C9H7BrN. The maximum absolute atomic E-state index is 3.42. The van der Waals surface area contributed by atoms with Gasteiger partial charge in [0.15, 0.2) is 0 Å². The van der Waals surface area contributed by atoms with Crippen LogP contribution in [-0.4, -0.2) is 0 Å². The van der Waals surface area contributed by atoms with Gasteiger partial charge in [-0.25, -0.2) is 0 Å². The Morgan fingerprint density at radius 3 is 3.27 bits per heavy atom. The fourth-order valence-electron chi connectivity index (χ4n) is 1.14. The zero-order chi connectivity index (χ0) is 7.68. The topological polar surface area (TPSA) is 12.0 Å². The first-order chi connectivity index (χ1) is 5.36. The average molecular weight is 209 g/mol. The number of rotatable bonds is 0. The Hall–Kier alpha value is -0.760. The number of fused-ring (bicyclic) bond motifs is 1. The molecule has 0 saturated carbocycles. The van der Waals surface area contributed by atoms with Crippen molar-refractivity contribution in [3.05, 3.63) is 40.5 Å². The third-order valence-corrected chi connectivity index (χ3v) is 2.18. The van der Waals surface area contributed by atoms with Crippen molar-refractivity contribution in [1.29, 1.82) is 0 Å². The van der Waals surface area contributed by atoms with Crippen LogP contribution in [0.15, 0.2) is 28.9 Å². The Balaban J connectivity index is 2.48. The maximum atomic E-state index is 3.42. The van der Waals surface area contributed by atoms with Crippen molar-refractivity contribution in [3.63, 3.8) is 0 Å². The minimum atomic E-state index is 0.905. The first-order valence-electron chi connectivity index (χ1n) is 3.46. The Morgan fingerprint density at radius 1 is 1.45 bits per heavy atom. The summed E-state index contributed by atoms with van der Waals surface area (Å²) in [6.07, 6.45) is 5.87. The van der Waals surface area contributed by atoms with Crippen LogP contribution in [0, 0.1) is 6.08 Å². The molecule has 0 saturated heterocycles. The summed E-state index contributed by atoms with van der Waals surface area (Å²) in [5, 5.41) is 3.13. The molecule has 0 unspecified atom stereocenters. The Labute approximate surface area is 74.2 Å². The molecule has 1 aromatic carbocycles. The highest BCUT2D eigenvalue weighted by molar-refractivity contribution is 9.10. The van der Waals surface area contributed by atoms with Crippen molar-refractivity contribution in [1.82, 2.24) is 0 Å². The predicted molar refractivity (Wildman–Crippen MR) is 49.3 cm³/mol. The minimum Gasteiger partial charge on any atom is -0.361 e. The van der Waals surface area contributed by atoms with Crippen LogP contribution in [0.5, 0.6) is 0 Å². The van der Waals surface area contributed by atoms with E-state index in [9.17, 15) is 0 Å². The van der Waals surface area contributed by atoms with Gasteiger partial charge in [0.05, 0.1) is 0 Å². The average Bonchev–Trinajstić information content (AvgIpc) is 2.04. The summed E-state index contributed by atoms with van der Waals surface area (Å²) in [4.78, 5) is 0. The maximum Gasteiger partial charge on any atom is 0.0416 e. The molecule has 1 radical (unpaired) electrons. The third-order valence-electron chi connectivity index (χ3n) is 1.69. The van der Waals surface area contributed by atoms with Crippen LogP contribution in [-0.2, 0) is 6.42 Å². The van der Waals surface area contributed by atoms with E-state index in [0.29, 0.717) is 0 Å². The Bertz CT molecular complexity index is 304. The van der Waals surface area contributed by atoms with E-state index in [1.807, 2.05) is 12.3 Å². The lowest BCUT2D eigenvalue weighted by atomic mass is 10.1. The molecule has 2 heteroatoms. The van der Waals surface area contributed by atoms with Crippen LogP contribution < -0.4 is 5.32 Å². The lowest BCUT2D eigenvalue weighted by Gasteiger charge is -2.11. The number of anilines is 1. The Kier molecular flexibility index (Phi) is 1.70. The van der Waals surface area contributed by atoms with E-state index in [-0.39, 0.29) is 0 Å². The fraction of sp³-hybridized carbons (Fsp3) is 0.111. The van der Waals surface area contributed by atoms with E-state index < -0.39 is 0 Å². The van der Waals surface area contributed by atoms with Crippen LogP contribution in [0.2, 0.25) is 0 Å². The van der Waals surface area contributed by atoms with Gasteiger partial charge in [0, 0.05) is 22.8 Å². The second-order valence-electron chi connectivity index (χ2n) is 2.47. The molecule has 1 nitrogen and oxygen atoms in total. The minimum absolute atomic E-state index is 0.905. The van der Waals surface area contributed by atoms with Gasteiger partial charge in [-0.3, -0.25) is 0 Å². The van der Waals surface area contributed by atoms with Crippen molar-refractivity contribution in [2.24, 2.45) is 0 Å². The van der Waals surface area contributed by atoms with Gasteiger partial charge >= 0.3 is 0 Å². The second kappa shape index (κ2) is 2.70. The quantitative estimate of drug-likeness (QED) is 0.692. The van der Waals surface area contributed by atoms with E-state index in [0.717, 1.165) is 10.9 Å². The summed E-state index contributed by atoms with van der Waals surface area (Å²) in [7, 11) is 0. The van der Waals surface area contributed by atoms with Gasteiger partial charge in [-0.15, -0.1) is 0 Å². The lowest BCUT2D eigenvalue weighted by molar-refractivity contribution is 1.18. The number of allylic oxidation sites excluding steroid dienone is 1. The van der Waals surface area contributed by atoms with Crippen LogP contribution >= 0.6 is 15.9 Å². The van der Waals surface area contributed by atoms with Crippen molar-refractivity contribution in [2.45, 2.75) is 6.42 Å². The monoisotopic (exact) mass is 208 g/mol. The van der Waals surface area contributed by atoms with Crippen LogP contribution in [0.1, 0.15) is 5.56 Å². The van der Waals surface area contributed by atoms with Gasteiger partial charge < -0.3 is 5.32 Å². The van der Waals surface area contributed by atoms with E-state index in [2.05, 4.69) is 39.5 Å². The predicted octanol–water partition coefficient (Wildman–Crippen LogP) is 2.73. The molecule has 0 bridgehead atoms. The first-order valence-corrected chi connectivity index (χ1v) is 4.25. The molecule has 0 aliphatic carbocycles. The number of hydrogen-bond donors (Lipinski definition) is 1. The zero-order valence-corrected chi connectivity index (χ0v) is 7.48. The number of halogens is 1. The summed E-state index contributed by atoms with van der Waals surface area (Å²) in [5.74, 6) is 0. The van der Waals surface area contributed by atoms with Crippen LogP contribution in [0.25, 0.3) is 0 Å². The molecule has 0 fully saturated rings. The molecule has 0 aromatic heterocycles. The van der Waals surface area contributed by atoms with Crippen molar-refractivity contribution >= 4 is 21.6 Å². The molecule has 1 aliphatic rings. The molecule has 0 spiro atoms. The highest BCUT2D eigenvalue weighted by atomic mass is 79.9. The van der Waals surface area contributed by atoms with Gasteiger partial charge in [-0.05, 0) is 29.8 Å². The van der Waals surface area contributed by atoms with Gasteiger partial charge in [-0.2, -0.15) is 0 Å². The molecule has 0 atom stereocenters. The fourth-order valence-corrected chi connectivity index (χ4v) is 1.55. The molecule has 1 aliphatic heterocycles. The standard InChI is InChI=1S/C9H7BrN/c10-8-3-4-9-7(6-8)2-1-5-11-9/h3-6,11H,2H2. The lowest BCUT2D eigenvalue weighted by Crippen LogP contribution is -1.99.